The molecule has 0 spiro atoms. The van der Waals surface area contributed by atoms with Crippen LogP contribution in [0.3, 0.4) is 0 Å². The highest BCUT2D eigenvalue weighted by Gasteiger charge is 2.21. The molecule has 0 radical (unpaired) electrons. The lowest BCUT2D eigenvalue weighted by Gasteiger charge is -2.29. The first-order valence-corrected chi connectivity index (χ1v) is 28.8. The molecule has 66 heavy (non-hydrogen) atoms. The van der Waals surface area contributed by atoms with Crippen molar-refractivity contribution in [2.75, 3.05) is 52.5 Å². The second kappa shape index (κ2) is 48.2. The summed E-state index contributed by atoms with van der Waals surface area (Å²) in [6, 6.07) is 0.365. The van der Waals surface area contributed by atoms with E-state index in [2.05, 4.69) is 65.2 Å². The molecule has 0 aliphatic carbocycles. The SMILES string of the molecule is CCCCCCCCC(CCCCCC)C(=O)OCCCCCCC(CCCCCCOC(=O)C(CCCCCC)CCCCCCCC)OC(=O)OCCN(CCN(CC)CC)C(C)C. The summed E-state index contributed by atoms with van der Waals surface area (Å²) in [6.45, 7) is 23.7. The average Bonchev–Trinajstić information content (AvgIpc) is 3.31. The van der Waals surface area contributed by atoms with Gasteiger partial charge in [-0.05, 0) is 91.1 Å². The van der Waals surface area contributed by atoms with E-state index < -0.39 is 6.16 Å². The Morgan fingerprint density at radius 1 is 0.379 bits per heavy atom. The summed E-state index contributed by atoms with van der Waals surface area (Å²) < 4.78 is 23.4. The van der Waals surface area contributed by atoms with Crippen molar-refractivity contribution in [2.45, 2.75) is 286 Å². The zero-order valence-corrected chi connectivity index (χ0v) is 45.3. The van der Waals surface area contributed by atoms with Gasteiger partial charge in [0.15, 0.2) is 0 Å². The highest BCUT2D eigenvalue weighted by Crippen LogP contribution is 2.23. The molecule has 0 saturated carbocycles. The quantitative estimate of drug-likeness (QED) is 0.0336. The fourth-order valence-corrected chi connectivity index (χ4v) is 9.09. The van der Waals surface area contributed by atoms with E-state index in [1.807, 2.05) is 0 Å². The number of ether oxygens (including phenoxy) is 4. The van der Waals surface area contributed by atoms with Gasteiger partial charge >= 0.3 is 18.1 Å². The molecule has 0 aromatic heterocycles. The summed E-state index contributed by atoms with van der Waals surface area (Å²) in [5.74, 6) is 0.102. The van der Waals surface area contributed by atoms with E-state index in [9.17, 15) is 14.4 Å². The van der Waals surface area contributed by atoms with Gasteiger partial charge in [0.1, 0.15) is 12.7 Å². The van der Waals surface area contributed by atoms with Crippen LogP contribution in [0.4, 0.5) is 4.79 Å². The summed E-state index contributed by atoms with van der Waals surface area (Å²) in [6.07, 6.45) is 36.7. The molecule has 0 aliphatic heterocycles. The number of carbonyl (C=O) groups is 3. The first kappa shape index (κ1) is 64.1. The lowest BCUT2D eigenvalue weighted by Crippen LogP contribution is -2.40. The van der Waals surface area contributed by atoms with Gasteiger partial charge in [0, 0.05) is 25.7 Å². The molecule has 0 rings (SSSR count). The summed E-state index contributed by atoms with van der Waals surface area (Å²) in [5.41, 5.74) is 0. The van der Waals surface area contributed by atoms with Crippen LogP contribution in [0.5, 0.6) is 0 Å². The Morgan fingerprint density at radius 2 is 0.727 bits per heavy atom. The molecule has 0 aromatic rings. The molecule has 0 saturated heterocycles. The Morgan fingerprint density at radius 3 is 1.11 bits per heavy atom. The van der Waals surface area contributed by atoms with Crippen molar-refractivity contribution >= 4 is 18.1 Å². The first-order chi connectivity index (χ1) is 32.2. The standard InChI is InChI=1S/C57H112N2O7/c1-9-15-19-23-25-33-41-52(39-31-21-17-11-3)55(60)63-48-37-29-27-35-43-54(66-57(62)65-50-47-59(51(7)8)46-45-58(13-5)14-6)44-36-28-30-38-49-64-56(61)53(40-32-22-18-12-4)42-34-26-24-20-16-10-2/h51-54H,9-50H2,1-8H3. The van der Waals surface area contributed by atoms with E-state index in [-0.39, 0.29) is 29.9 Å². The van der Waals surface area contributed by atoms with Crippen molar-refractivity contribution < 1.29 is 33.3 Å². The van der Waals surface area contributed by atoms with E-state index in [0.717, 1.165) is 142 Å². The Hall–Kier alpha value is -1.87. The van der Waals surface area contributed by atoms with E-state index in [4.69, 9.17) is 18.9 Å². The Labute approximate surface area is 410 Å². The summed E-state index contributed by atoms with van der Waals surface area (Å²) in [7, 11) is 0. The lowest BCUT2D eigenvalue weighted by molar-refractivity contribution is -0.150. The van der Waals surface area contributed by atoms with Gasteiger partial charge in [0.05, 0.1) is 25.0 Å². The van der Waals surface area contributed by atoms with Crippen LogP contribution in [0.25, 0.3) is 0 Å². The number of nitrogens with zero attached hydrogens (tertiary/aromatic N) is 2. The average molecular weight is 938 g/mol. The van der Waals surface area contributed by atoms with Gasteiger partial charge in [-0.2, -0.15) is 0 Å². The molecule has 2 atom stereocenters. The molecule has 0 fully saturated rings. The third-order valence-electron chi connectivity index (χ3n) is 13.8. The van der Waals surface area contributed by atoms with Crippen molar-refractivity contribution in [3.05, 3.63) is 0 Å². The highest BCUT2D eigenvalue weighted by molar-refractivity contribution is 5.72. The second-order valence-electron chi connectivity index (χ2n) is 19.9. The van der Waals surface area contributed by atoms with Gasteiger partial charge in [0.2, 0.25) is 0 Å². The van der Waals surface area contributed by atoms with Gasteiger partial charge in [-0.15, -0.1) is 0 Å². The lowest BCUT2D eigenvalue weighted by atomic mass is 9.94. The van der Waals surface area contributed by atoms with Gasteiger partial charge in [-0.3, -0.25) is 14.5 Å². The maximum Gasteiger partial charge on any atom is 0.508 e. The van der Waals surface area contributed by atoms with E-state index in [1.54, 1.807) is 0 Å². The topological polar surface area (TPSA) is 94.6 Å². The molecule has 0 heterocycles. The number of hydrogen-bond acceptors (Lipinski definition) is 9. The fraction of sp³-hybridized carbons (Fsp3) is 0.947. The molecular weight excluding hydrogens is 825 g/mol. The van der Waals surface area contributed by atoms with E-state index in [0.29, 0.717) is 32.4 Å². The zero-order chi connectivity index (χ0) is 48.7. The van der Waals surface area contributed by atoms with Crippen molar-refractivity contribution in [2.24, 2.45) is 11.8 Å². The molecule has 392 valence electrons. The third kappa shape index (κ3) is 39.0. The Bertz CT molecular complexity index is 1010. The second-order valence-corrected chi connectivity index (χ2v) is 19.9. The van der Waals surface area contributed by atoms with Crippen LogP contribution in [0.1, 0.15) is 274 Å². The van der Waals surface area contributed by atoms with Crippen molar-refractivity contribution in [1.29, 1.82) is 0 Å². The maximum atomic E-state index is 13.1. The zero-order valence-electron chi connectivity index (χ0n) is 45.3. The molecule has 0 N–H and O–H groups in total. The van der Waals surface area contributed by atoms with Crippen LogP contribution in [0.15, 0.2) is 0 Å². The predicted octanol–water partition coefficient (Wildman–Crippen LogP) is 16.2. The number of rotatable bonds is 50. The molecule has 0 amide bonds. The number of carbonyl (C=O) groups excluding carboxylic acids is 3. The Kier molecular flexibility index (Phi) is 46.8. The summed E-state index contributed by atoms with van der Waals surface area (Å²) >= 11 is 0. The van der Waals surface area contributed by atoms with Gasteiger partial charge in [-0.1, -0.05) is 196 Å². The van der Waals surface area contributed by atoms with Crippen LogP contribution in [0, 0.1) is 11.8 Å². The summed E-state index contributed by atoms with van der Waals surface area (Å²) in [5, 5.41) is 0. The van der Waals surface area contributed by atoms with Crippen molar-refractivity contribution in [1.82, 2.24) is 9.80 Å². The normalized spacial score (nSPS) is 13.1. The molecule has 2 unspecified atom stereocenters. The minimum absolute atomic E-state index is 0.0103. The van der Waals surface area contributed by atoms with Crippen LogP contribution in [-0.4, -0.2) is 92.6 Å². The minimum Gasteiger partial charge on any atom is -0.465 e. The molecule has 0 bridgehead atoms. The van der Waals surface area contributed by atoms with Crippen molar-refractivity contribution in [3.63, 3.8) is 0 Å². The maximum absolute atomic E-state index is 13.1. The largest absolute Gasteiger partial charge is 0.508 e. The third-order valence-corrected chi connectivity index (χ3v) is 13.8. The van der Waals surface area contributed by atoms with Gasteiger partial charge in [-0.25, -0.2) is 4.79 Å². The number of hydrogen-bond donors (Lipinski definition) is 0. The predicted molar refractivity (Wildman–Crippen MR) is 279 cm³/mol. The van der Waals surface area contributed by atoms with Crippen LogP contribution in [0.2, 0.25) is 0 Å². The fourth-order valence-electron chi connectivity index (χ4n) is 9.09. The molecule has 9 nitrogen and oxygen atoms in total. The van der Waals surface area contributed by atoms with Gasteiger partial charge < -0.3 is 23.8 Å². The van der Waals surface area contributed by atoms with Crippen LogP contribution >= 0.6 is 0 Å². The van der Waals surface area contributed by atoms with E-state index in [1.165, 1.54) is 103 Å². The monoisotopic (exact) mass is 937 g/mol. The summed E-state index contributed by atoms with van der Waals surface area (Å²) in [4.78, 5) is 44.1. The minimum atomic E-state index is -0.568. The Balaban J connectivity index is 5.04. The van der Waals surface area contributed by atoms with Crippen LogP contribution in [-0.2, 0) is 28.5 Å². The van der Waals surface area contributed by atoms with Crippen LogP contribution < -0.4 is 0 Å². The number of likely N-dealkylation sites (N-methyl/N-ethyl adjacent to an activating group) is 1. The molecule has 9 heteroatoms. The van der Waals surface area contributed by atoms with E-state index >= 15 is 0 Å². The van der Waals surface area contributed by atoms with Crippen molar-refractivity contribution in [3.8, 4) is 0 Å². The van der Waals surface area contributed by atoms with Gasteiger partial charge in [0.25, 0.3) is 0 Å². The smallest absolute Gasteiger partial charge is 0.465 e. The highest BCUT2D eigenvalue weighted by atomic mass is 16.7. The molecule has 0 aliphatic rings. The number of unbranched alkanes of at least 4 members (excludes halogenated alkanes) is 22. The number of esters is 2. The molecule has 0 aromatic carbocycles. The molecular formula is C57H112N2O7. The first-order valence-electron chi connectivity index (χ1n) is 28.8.